The first-order chi connectivity index (χ1) is 13.2. The lowest BCUT2D eigenvalue weighted by atomic mass is 10.1. The summed E-state index contributed by atoms with van der Waals surface area (Å²) in [5.41, 5.74) is 1.49. The van der Waals surface area contributed by atoms with Gasteiger partial charge in [0.1, 0.15) is 11.4 Å². The van der Waals surface area contributed by atoms with Gasteiger partial charge in [-0.2, -0.15) is 0 Å². The second kappa shape index (κ2) is 8.15. The van der Waals surface area contributed by atoms with E-state index < -0.39 is 0 Å². The zero-order chi connectivity index (χ0) is 18.6. The molecule has 27 heavy (non-hydrogen) atoms. The topological polar surface area (TPSA) is 54.3 Å². The fourth-order valence-corrected chi connectivity index (χ4v) is 4.32. The fourth-order valence-electron chi connectivity index (χ4n) is 3.35. The molecule has 0 spiro atoms. The standard InChI is InChI=1S/C21H21FN2O2S/c22-17-6-2-4-8-19(17)27-13-16-15-5-1-3-7-18(15)26-20(16)21(25)24-14-9-11-23-12-10-14/h1-8,14,23H,9-13H2,(H,24,25). The predicted octanol–water partition coefficient (Wildman–Crippen LogP) is 4.35. The Hall–Kier alpha value is -2.31. The minimum atomic E-state index is -0.254. The van der Waals surface area contributed by atoms with Crippen molar-refractivity contribution in [3.05, 3.63) is 65.7 Å². The van der Waals surface area contributed by atoms with Crippen molar-refractivity contribution in [1.82, 2.24) is 10.6 Å². The zero-order valence-corrected chi connectivity index (χ0v) is 15.7. The van der Waals surface area contributed by atoms with Gasteiger partial charge in [0.2, 0.25) is 0 Å². The number of furan rings is 1. The highest BCUT2D eigenvalue weighted by Gasteiger charge is 2.24. The van der Waals surface area contributed by atoms with Crippen molar-refractivity contribution in [3.63, 3.8) is 0 Å². The van der Waals surface area contributed by atoms with Crippen LogP contribution in [0.4, 0.5) is 4.39 Å². The summed E-state index contributed by atoms with van der Waals surface area (Å²) in [7, 11) is 0. The van der Waals surface area contributed by atoms with Crippen molar-refractivity contribution < 1.29 is 13.6 Å². The van der Waals surface area contributed by atoms with Crippen LogP contribution in [0.2, 0.25) is 0 Å². The molecule has 140 valence electrons. The maximum atomic E-state index is 14.0. The third-order valence-corrected chi connectivity index (χ3v) is 5.86. The third kappa shape index (κ3) is 4.01. The van der Waals surface area contributed by atoms with Crippen molar-refractivity contribution in [2.75, 3.05) is 13.1 Å². The number of hydrogen-bond acceptors (Lipinski definition) is 4. The number of thioether (sulfide) groups is 1. The van der Waals surface area contributed by atoms with E-state index in [9.17, 15) is 9.18 Å². The summed E-state index contributed by atoms with van der Waals surface area (Å²) in [5, 5.41) is 7.28. The van der Waals surface area contributed by atoms with E-state index in [4.69, 9.17) is 4.42 Å². The molecule has 0 saturated carbocycles. The summed E-state index contributed by atoms with van der Waals surface area (Å²) in [6, 6.07) is 14.4. The average Bonchev–Trinajstić information content (AvgIpc) is 3.07. The van der Waals surface area contributed by atoms with E-state index in [0.717, 1.165) is 36.9 Å². The van der Waals surface area contributed by atoms with E-state index in [1.165, 1.54) is 17.8 Å². The number of fused-ring (bicyclic) bond motifs is 1. The molecular weight excluding hydrogens is 363 g/mol. The lowest BCUT2D eigenvalue weighted by Gasteiger charge is -2.23. The molecule has 4 rings (SSSR count). The van der Waals surface area contributed by atoms with Gasteiger partial charge in [-0.05, 0) is 44.1 Å². The van der Waals surface area contributed by atoms with E-state index in [2.05, 4.69) is 10.6 Å². The minimum absolute atomic E-state index is 0.152. The van der Waals surface area contributed by atoms with Gasteiger partial charge in [0.05, 0.1) is 0 Å². The molecule has 1 saturated heterocycles. The van der Waals surface area contributed by atoms with Gasteiger partial charge in [-0.25, -0.2) is 4.39 Å². The van der Waals surface area contributed by atoms with Crippen molar-refractivity contribution >= 4 is 28.6 Å². The number of carbonyl (C=O) groups excluding carboxylic acids is 1. The maximum Gasteiger partial charge on any atom is 0.287 e. The maximum absolute atomic E-state index is 14.0. The van der Waals surface area contributed by atoms with Gasteiger partial charge in [0, 0.05) is 27.6 Å². The molecule has 1 aromatic heterocycles. The summed E-state index contributed by atoms with van der Waals surface area (Å²) in [4.78, 5) is 13.4. The van der Waals surface area contributed by atoms with Crippen LogP contribution in [0.25, 0.3) is 11.0 Å². The summed E-state index contributed by atoms with van der Waals surface area (Å²) >= 11 is 1.37. The molecule has 2 aromatic carbocycles. The molecule has 6 heteroatoms. The molecule has 1 amide bonds. The smallest absolute Gasteiger partial charge is 0.287 e. The highest BCUT2D eigenvalue weighted by Crippen LogP contribution is 2.33. The Morgan fingerprint density at radius 2 is 1.89 bits per heavy atom. The lowest BCUT2D eigenvalue weighted by Crippen LogP contribution is -2.42. The number of rotatable bonds is 5. The molecule has 2 heterocycles. The Balaban J connectivity index is 1.60. The zero-order valence-electron chi connectivity index (χ0n) is 14.8. The van der Waals surface area contributed by atoms with Crippen molar-refractivity contribution in [3.8, 4) is 0 Å². The van der Waals surface area contributed by atoms with Gasteiger partial charge in [0.15, 0.2) is 5.76 Å². The van der Waals surface area contributed by atoms with Crippen LogP contribution in [-0.4, -0.2) is 25.0 Å². The molecule has 0 unspecified atom stereocenters. The number of hydrogen-bond donors (Lipinski definition) is 2. The van der Waals surface area contributed by atoms with Gasteiger partial charge < -0.3 is 15.1 Å². The highest BCUT2D eigenvalue weighted by molar-refractivity contribution is 7.98. The molecule has 3 aromatic rings. The van der Waals surface area contributed by atoms with Gasteiger partial charge in [0.25, 0.3) is 5.91 Å². The largest absolute Gasteiger partial charge is 0.451 e. The molecular formula is C21H21FN2O2S. The van der Waals surface area contributed by atoms with Gasteiger partial charge >= 0.3 is 0 Å². The van der Waals surface area contributed by atoms with Crippen LogP contribution in [-0.2, 0) is 5.75 Å². The summed E-state index contributed by atoms with van der Waals surface area (Å²) < 4.78 is 19.9. The normalized spacial score (nSPS) is 15.1. The number of amides is 1. The summed E-state index contributed by atoms with van der Waals surface area (Å²) in [5.74, 6) is 0.351. The van der Waals surface area contributed by atoms with E-state index in [-0.39, 0.29) is 17.8 Å². The van der Waals surface area contributed by atoms with Crippen LogP contribution in [0.5, 0.6) is 0 Å². The third-order valence-electron chi connectivity index (χ3n) is 4.79. The Labute approximate surface area is 161 Å². The quantitative estimate of drug-likeness (QED) is 0.643. The SMILES string of the molecule is O=C(NC1CCNCC1)c1oc2ccccc2c1CSc1ccccc1F. The van der Waals surface area contributed by atoms with Crippen LogP contribution in [0.1, 0.15) is 29.0 Å². The fraction of sp³-hybridized carbons (Fsp3) is 0.286. The number of para-hydroxylation sites is 1. The Kier molecular flexibility index (Phi) is 5.45. The molecule has 0 aliphatic carbocycles. The van der Waals surface area contributed by atoms with E-state index in [0.29, 0.717) is 22.0 Å². The number of piperidine rings is 1. The van der Waals surface area contributed by atoms with Crippen molar-refractivity contribution in [1.29, 1.82) is 0 Å². The Morgan fingerprint density at radius 1 is 1.15 bits per heavy atom. The second-order valence-corrected chi connectivity index (χ2v) is 7.64. The van der Waals surface area contributed by atoms with Gasteiger partial charge in [-0.1, -0.05) is 30.3 Å². The number of halogens is 1. The van der Waals surface area contributed by atoms with E-state index >= 15 is 0 Å². The van der Waals surface area contributed by atoms with Gasteiger partial charge in [-0.15, -0.1) is 11.8 Å². The summed E-state index contributed by atoms with van der Waals surface area (Å²) in [6.45, 7) is 1.81. The lowest BCUT2D eigenvalue weighted by molar-refractivity contribution is 0.0902. The molecule has 2 N–H and O–H groups in total. The average molecular weight is 384 g/mol. The first-order valence-corrected chi connectivity index (χ1v) is 10.1. The Bertz CT molecular complexity index is 950. The first-order valence-electron chi connectivity index (χ1n) is 9.11. The first kappa shape index (κ1) is 18.1. The van der Waals surface area contributed by atoms with Crippen LogP contribution >= 0.6 is 11.8 Å². The monoisotopic (exact) mass is 384 g/mol. The molecule has 4 nitrogen and oxygen atoms in total. The second-order valence-electron chi connectivity index (χ2n) is 6.62. The molecule has 0 radical (unpaired) electrons. The van der Waals surface area contributed by atoms with Crippen molar-refractivity contribution in [2.24, 2.45) is 0 Å². The Morgan fingerprint density at radius 3 is 2.70 bits per heavy atom. The summed E-state index contributed by atoms with van der Waals surface area (Å²) in [6.07, 6.45) is 1.82. The van der Waals surface area contributed by atoms with Gasteiger partial charge in [-0.3, -0.25) is 4.79 Å². The van der Waals surface area contributed by atoms with Crippen LogP contribution < -0.4 is 10.6 Å². The molecule has 0 atom stereocenters. The van der Waals surface area contributed by atoms with Crippen LogP contribution in [0, 0.1) is 5.82 Å². The van der Waals surface area contributed by atoms with E-state index in [1.54, 1.807) is 12.1 Å². The van der Waals surface area contributed by atoms with E-state index in [1.807, 2.05) is 30.3 Å². The van der Waals surface area contributed by atoms with Crippen LogP contribution in [0.3, 0.4) is 0 Å². The molecule has 1 aliphatic heterocycles. The highest BCUT2D eigenvalue weighted by atomic mass is 32.2. The number of carbonyl (C=O) groups is 1. The molecule has 0 bridgehead atoms. The molecule has 1 aliphatic rings. The number of nitrogens with one attached hydrogen (secondary N) is 2. The predicted molar refractivity (Wildman–Crippen MR) is 106 cm³/mol. The van der Waals surface area contributed by atoms with Crippen molar-refractivity contribution in [2.45, 2.75) is 29.5 Å². The minimum Gasteiger partial charge on any atom is -0.451 e. The van der Waals surface area contributed by atoms with Crippen LogP contribution in [0.15, 0.2) is 57.8 Å². The number of benzene rings is 2. The molecule has 1 fully saturated rings.